The number of carboxylic acids is 1. The van der Waals surface area contributed by atoms with Gasteiger partial charge in [0, 0.05) is 17.1 Å². The Labute approximate surface area is 122 Å². The summed E-state index contributed by atoms with van der Waals surface area (Å²) in [7, 11) is 0. The van der Waals surface area contributed by atoms with E-state index < -0.39 is 17.8 Å². The Hall–Kier alpha value is -1.59. The lowest BCUT2D eigenvalue weighted by Gasteiger charge is -2.34. The van der Waals surface area contributed by atoms with Crippen LogP contribution in [0.1, 0.15) is 18.6 Å². The fourth-order valence-electron chi connectivity index (χ4n) is 2.15. The molecule has 20 heavy (non-hydrogen) atoms. The molecule has 0 bridgehead atoms. The van der Waals surface area contributed by atoms with Crippen molar-refractivity contribution in [2.75, 3.05) is 19.7 Å². The Morgan fingerprint density at radius 3 is 2.80 bits per heavy atom. The number of rotatable bonds is 3. The Morgan fingerprint density at radius 2 is 2.15 bits per heavy atom. The number of amides is 1. The molecule has 6 heteroatoms. The number of nitrogens with zero attached hydrogens (tertiary/aromatic N) is 1. The third kappa shape index (κ3) is 3.11. The molecule has 1 aliphatic heterocycles. The molecule has 1 amide bonds. The molecule has 0 radical (unpaired) electrons. The summed E-state index contributed by atoms with van der Waals surface area (Å²) >= 11 is 6.12. The number of carbonyl (C=O) groups is 2. The smallest absolute Gasteiger partial charge is 0.315 e. The third-order valence-corrected chi connectivity index (χ3v) is 3.72. The van der Waals surface area contributed by atoms with E-state index >= 15 is 0 Å². The summed E-state index contributed by atoms with van der Waals surface area (Å²) in [6.07, 6.45) is -0.317. The fourth-order valence-corrected chi connectivity index (χ4v) is 2.41. The van der Waals surface area contributed by atoms with Gasteiger partial charge in [0.25, 0.3) is 0 Å². The lowest BCUT2D eigenvalue weighted by Crippen LogP contribution is -2.46. The minimum atomic E-state index is -1.12. The Balaban J connectivity index is 2.11. The van der Waals surface area contributed by atoms with Crippen molar-refractivity contribution in [2.45, 2.75) is 13.0 Å². The minimum Gasteiger partial charge on any atom is -0.481 e. The average molecular weight is 298 g/mol. The second-order valence-corrected chi connectivity index (χ2v) is 5.13. The summed E-state index contributed by atoms with van der Waals surface area (Å²) in [5, 5.41) is 9.49. The van der Waals surface area contributed by atoms with E-state index in [9.17, 15) is 9.59 Å². The van der Waals surface area contributed by atoms with Crippen LogP contribution in [0, 0.1) is 5.92 Å². The van der Waals surface area contributed by atoms with Crippen LogP contribution in [0.2, 0.25) is 5.02 Å². The maximum atomic E-state index is 12.1. The highest BCUT2D eigenvalue weighted by atomic mass is 35.5. The van der Waals surface area contributed by atoms with Gasteiger partial charge in [-0.15, -0.1) is 0 Å². The number of carboxylic acid groups (broad SMARTS) is 1. The van der Waals surface area contributed by atoms with E-state index in [0.717, 1.165) is 5.56 Å². The predicted molar refractivity (Wildman–Crippen MR) is 73.5 cm³/mol. The van der Waals surface area contributed by atoms with Crippen LogP contribution in [0.15, 0.2) is 24.3 Å². The zero-order chi connectivity index (χ0) is 14.7. The molecule has 1 heterocycles. The first kappa shape index (κ1) is 14.8. The molecule has 0 spiro atoms. The first-order valence-electron chi connectivity index (χ1n) is 6.38. The van der Waals surface area contributed by atoms with Crippen LogP contribution >= 0.6 is 11.6 Å². The lowest BCUT2D eigenvalue weighted by atomic mass is 10.1. The summed E-state index contributed by atoms with van der Waals surface area (Å²) in [5.41, 5.74) is 0.814. The number of ether oxygens (including phenoxy) is 1. The third-order valence-electron chi connectivity index (χ3n) is 3.37. The second kappa shape index (κ2) is 6.24. The van der Waals surface area contributed by atoms with Gasteiger partial charge in [0.05, 0.1) is 13.2 Å². The number of aliphatic carboxylic acids is 1. The molecule has 1 fully saturated rings. The van der Waals surface area contributed by atoms with E-state index in [1.54, 1.807) is 6.07 Å². The number of hydrogen-bond acceptors (Lipinski definition) is 3. The summed E-state index contributed by atoms with van der Waals surface area (Å²) in [4.78, 5) is 24.5. The second-order valence-electron chi connectivity index (χ2n) is 4.73. The average Bonchev–Trinajstić information content (AvgIpc) is 2.46. The van der Waals surface area contributed by atoms with Gasteiger partial charge in [0.2, 0.25) is 5.91 Å². The molecule has 1 aromatic carbocycles. The SMILES string of the molecule is CC(C(=O)O)C(=O)N1CCOC(c2ccccc2Cl)C1. The molecule has 0 saturated carbocycles. The Kier molecular flexibility index (Phi) is 4.62. The first-order chi connectivity index (χ1) is 9.50. The predicted octanol–water partition coefficient (Wildman–Crippen LogP) is 1.96. The lowest BCUT2D eigenvalue weighted by molar-refractivity contribution is -0.154. The minimum absolute atomic E-state index is 0.317. The van der Waals surface area contributed by atoms with Crippen molar-refractivity contribution < 1.29 is 19.4 Å². The molecule has 108 valence electrons. The Bertz CT molecular complexity index is 520. The van der Waals surface area contributed by atoms with Crippen molar-refractivity contribution in [3.8, 4) is 0 Å². The zero-order valence-electron chi connectivity index (χ0n) is 11.1. The number of halogens is 1. The molecular weight excluding hydrogens is 282 g/mol. The van der Waals surface area contributed by atoms with E-state index in [2.05, 4.69) is 0 Å². The van der Waals surface area contributed by atoms with Gasteiger partial charge < -0.3 is 14.7 Å². The molecule has 1 aliphatic rings. The van der Waals surface area contributed by atoms with Crippen molar-refractivity contribution in [1.29, 1.82) is 0 Å². The molecule has 2 atom stereocenters. The van der Waals surface area contributed by atoms with Gasteiger partial charge in [-0.3, -0.25) is 9.59 Å². The summed E-state index contributed by atoms with van der Waals surface area (Å²) in [5.74, 6) is -2.55. The van der Waals surface area contributed by atoms with Crippen LogP contribution in [-0.4, -0.2) is 41.6 Å². The van der Waals surface area contributed by atoms with Crippen LogP contribution in [0.3, 0.4) is 0 Å². The number of carbonyl (C=O) groups excluding carboxylic acids is 1. The van der Waals surface area contributed by atoms with Crippen molar-refractivity contribution in [3.63, 3.8) is 0 Å². The molecule has 1 N–H and O–H groups in total. The maximum Gasteiger partial charge on any atom is 0.315 e. The summed E-state index contributed by atoms with van der Waals surface area (Å²) in [6, 6.07) is 7.29. The normalized spacial score (nSPS) is 20.5. The van der Waals surface area contributed by atoms with E-state index in [0.29, 0.717) is 24.7 Å². The highest BCUT2D eigenvalue weighted by Crippen LogP contribution is 2.28. The summed E-state index contributed by atoms with van der Waals surface area (Å²) in [6.45, 7) is 2.48. The van der Waals surface area contributed by atoms with Crippen molar-refractivity contribution in [2.24, 2.45) is 5.92 Å². The van der Waals surface area contributed by atoms with E-state index in [-0.39, 0.29) is 6.10 Å². The van der Waals surface area contributed by atoms with Crippen LogP contribution in [0.5, 0.6) is 0 Å². The largest absolute Gasteiger partial charge is 0.481 e. The topological polar surface area (TPSA) is 66.8 Å². The van der Waals surface area contributed by atoms with E-state index in [1.165, 1.54) is 11.8 Å². The van der Waals surface area contributed by atoms with Gasteiger partial charge in [-0.1, -0.05) is 29.8 Å². The van der Waals surface area contributed by atoms with Gasteiger partial charge in [-0.25, -0.2) is 0 Å². The van der Waals surface area contributed by atoms with Crippen LogP contribution in [0.25, 0.3) is 0 Å². The maximum absolute atomic E-state index is 12.1. The van der Waals surface area contributed by atoms with Crippen molar-refractivity contribution >= 4 is 23.5 Å². The fraction of sp³-hybridized carbons (Fsp3) is 0.429. The van der Waals surface area contributed by atoms with Crippen LogP contribution in [-0.2, 0) is 14.3 Å². The van der Waals surface area contributed by atoms with E-state index in [1.807, 2.05) is 18.2 Å². The van der Waals surface area contributed by atoms with Gasteiger partial charge in [0.15, 0.2) is 0 Å². The quantitative estimate of drug-likeness (QED) is 0.866. The van der Waals surface area contributed by atoms with Gasteiger partial charge in [0.1, 0.15) is 12.0 Å². The standard InChI is InChI=1S/C14H16ClNO4/c1-9(14(18)19)13(17)16-6-7-20-12(8-16)10-4-2-3-5-11(10)15/h2-5,9,12H,6-8H2,1H3,(H,18,19). The van der Waals surface area contributed by atoms with E-state index in [4.69, 9.17) is 21.4 Å². The molecule has 5 nitrogen and oxygen atoms in total. The summed E-state index contributed by atoms with van der Waals surface area (Å²) < 4.78 is 5.64. The van der Waals surface area contributed by atoms with Crippen LogP contribution < -0.4 is 0 Å². The molecular formula is C14H16ClNO4. The molecule has 2 unspecified atom stereocenters. The molecule has 2 rings (SSSR count). The van der Waals surface area contributed by atoms with Crippen molar-refractivity contribution in [1.82, 2.24) is 4.90 Å². The molecule has 0 aromatic heterocycles. The van der Waals surface area contributed by atoms with Gasteiger partial charge in [-0.05, 0) is 13.0 Å². The number of benzene rings is 1. The Morgan fingerprint density at radius 1 is 1.45 bits per heavy atom. The van der Waals surface area contributed by atoms with Gasteiger partial charge in [-0.2, -0.15) is 0 Å². The monoisotopic (exact) mass is 297 g/mol. The molecule has 1 saturated heterocycles. The zero-order valence-corrected chi connectivity index (χ0v) is 11.8. The van der Waals surface area contributed by atoms with Crippen molar-refractivity contribution in [3.05, 3.63) is 34.9 Å². The molecule has 0 aliphatic carbocycles. The van der Waals surface area contributed by atoms with Crippen LogP contribution in [0.4, 0.5) is 0 Å². The highest BCUT2D eigenvalue weighted by molar-refractivity contribution is 6.31. The van der Waals surface area contributed by atoms with Gasteiger partial charge >= 0.3 is 5.97 Å². The number of hydrogen-bond donors (Lipinski definition) is 1. The molecule has 1 aromatic rings. The number of morpholine rings is 1. The first-order valence-corrected chi connectivity index (χ1v) is 6.76. The highest BCUT2D eigenvalue weighted by Gasteiger charge is 2.31.